The fourth-order valence-corrected chi connectivity index (χ4v) is 2.56. The van der Waals surface area contributed by atoms with E-state index in [1.807, 2.05) is 6.07 Å². The highest BCUT2D eigenvalue weighted by Gasteiger charge is 2.16. The zero-order valence-corrected chi connectivity index (χ0v) is 15.4. The van der Waals surface area contributed by atoms with Gasteiger partial charge >= 0.3 is 11.9 Å². The molecule has 0 aromatic heterocycles. The van der Waals surface area contributed by atoms with Gasteiger partial charge in [-0.1, -0.05) is 24.3 Å². The Labute approximate surface area is 166 Å². The molecule has 7 heteroatoms. The Morgan fingerprint density at radius 2 is 1.55 bits per heavy atom. The van der Waals surface area contributed by atoms with Crippen molar-refractivity contribution in [3.63, 3.8) is 0 Å². The maximum Gasteiger partial charge on any atom is 0.337 e. The Morgan fingerprint density at radius 3 is 2.24 bits per heavy atom. The number of aromatic carboxylic acids is 1. The third-order valence-electron chi connectivity index (χ3n) is 3.81. The summed E-state index contributed by atoms with van der Waals surface area (Å²) in [6, 6.07) is 19.3. The number of hydrogen-bond acceptors (Lipinski definition) is 5. The van der Waals surface area contributed by atoms with Gasteiger partial charge in [0.15, 0.2) is 0 Å². The lowest BCUT2D eigenvalue weighted by Gasteiger charge is -2.12. The second-order valence-electron chi connectivity index (χ2n) is 6.00. The number of carboxylic acids is 1. The number of anilines is 1. The molecule has 0 radical (unpaired) electrons. The molecule has 7 nitrogen and oxygen atoms in total. The van der Waals surface area contributed by atoms with Crippen LogP contribution in [0.3, 0.4) is 0 Å². The molecule has 146 valence electrons. The van der Waals surface area contributed by atoms with E-state index in [0.29, 0.717) is 11.5 Å². The lowest BCUT2D eigenvalue weighted by Crippen LogP contribution is -2.15. The van der Waals surface area contributed by atoms with Gasteiger partial charge in [-0.25, -0.2) is 4.79 Å². The lowest BCUT2D eigenvalue weighted by atomic mass is 10.1. The standard InChI is InChI=1S/C22H17NO6/c1-14(24)28-17-9-5-6-15(12-17)21(25)23-20-13-18(10-11-19(20)22(26)27)29-16-7-3-2-4-8-16/h2-13H,1H3,(H,23,25)(H,26,27). The Kier molecular flexibility index (Phi) is 5.89. The molecule has 1 amide bonds. The van der Waals surface area contributed by atoms with Crippen LogP contribution in [0.5, 0.6) is 17.2 Å². The van der Waals surface area contributed by atoms with Gasteiger partial charge in [0, 0.05) is 18.6 Å². The fourth-order valence-electron chi connectivity index (χ4n) is 2.56. The first-order chi connectivity index (χ1) is 13.9. The van der Waals surface area contributed by atoms with Crippen LogP contribution in [0.2, 0.25) is 0 Å². The van der Waals surface area contributed by atoms with Crippen LogP contribution >= 0.6 is 0 Å². The number of ether oxygens (including phenoxy) is 2. The van der Waals surface area contributed by atoms with Crippen molar-refractivity contribution in [3.05, 3.63) is 83.9 Å². The van der Waals surface area contributed by atoms with Crippen molar-refractivity contribution in [2.45, 2.75) is 6.92 Å². The molecule has 0 fully saturated rings. The van der Waals surface area contributed by atoms with Crippen molar-refractivity contribution < 1.29 is 29.0 Å². The van der Waals surface area contributed by atoms with Crippen molar-refractivity contribution in [1.29, 1.82) is 0 Å². The highest BCUT2D eigenvalue weighted by atomic mass is 16.5. The third kappa shape index (κ3) is 5.20. The summed E-state index contributed by atoms with van der Waals surface area (Å²) in [4.78, 5) is 35.2. The molecule has 2 N–H and O–H groups in total. The molecule has 0 unspecified atom stereocenters. The molecule has 0 spiro atoms. The number of carboxylic acid groups (broad SMARTS) is 1. The molecule has 0 atom stereocenters. The summed E-state index contributed by atoms with van der Waals surface area (Å²) < 4.78 is 10.7. The summed E-state index contributed by atoms with van der Waals surface area (Å²) in [5, 5.41) is 12.0. The van der Waals surface area contributed by atoms with Crippen LogP contribution in [0.25, 0.3) is 0 Å². The minimum atomic E-state index is -1.19. The van der Waals surface area contributed by atoms with E-state index in [4.69, 9.17) is 9.47 Å². The van der Waals surface area contributed by atoms with E-state index in [1.54, 1.807) is 30.3 Å². The smallest absolute Gasteiger partial charge is 0.337 e. The van der Waals surface area contributed by atoms with Crippen molar-refractivity contribution in [1.82, 2.24) is 0 Å². The molecule has 0 saturated carbocycles. The molecule has 3 aromatic rings. The van der Waals surface area contributed by atoms with Crippen molar-refractivity contribution in [2.24, 2.45) is 0 Å². The van der Waals surface area contributed by atoms with Gasteiger partial charge in [0.25, 0.3) is 5.91 Å². The van der Waals surface area contributed by atoms with E-state index in [2.05, 4.69) is 5.32 Å². The highest BCUT2D eigenvalue weighted by Crippen LogP contribution is 2.27. The largest absolute Gasteiger partial charge is 0.478 e. The number of para-hydroxylation sites is 1. The first-order valence-electron chi connectivity index (χ1n) is 8.62. The number of carbonyl (C=O) groups excluding carboxylic acids is 2. The number of esters is 1. The van der Waals surface area contributed by atoms with Gasteiger partial charge in [-0.2, -0.15) is 0 Å². The van der Waals surface area contributed by atoms with Crippen LogP contribution in [0.4, 0.5) is 5.69 Å². The number of hydrogen-bond donors (Lipinski definition) is 2. The maximum absolute atomic E-state index is 12.6. The summed E-state index contributed by atoms with van der Waals surface area (Å²) >= 11 is 0. The first-order valence-corrected chi connectivity index (χ1v) is 8.62. The zero-order chi connectivity index (χ0) is 20.8. The van der Waals surface area contributed by atoms with E-state index in [0.717, 1.165) is 0 Å². The molecule has 0 bridgehead atoms. The molecule has 0 saturated heterocycles. The minimum absolute atomic E-state index is 0.0776. The molecule has 29 heavy (non-hydrogen) atoms. The molecule has 3 rings (SSSR count). The van der Waals surface area contributed by atoms with Gasteiger partial charge in [0.1, 0.15) is 17.2 Å². The monoisotopic (exact) mass is 391 g/mol. The fraction of sp³-hybridized carbons (Fsp3) is 0.0455. The van der Waals surface area contributed by atoms with Gasteiger partial charge in [-0.15, -0.1) is 0 Å². The number of nitrogens with one attached hydrogen (secondary N) is 1. The Morgan fingerprint density at radius 1 is 0.828 bits per heavy atom. The summed E-state index contributed by atoms with van der Waals surface area (Å²) in [5.74, 6) is -1.11. The van der Waals surface area contributed by atoms with E-state index in [-0.39, 0.29) is 22.6 Å². The second-order valence-corrected chi connectivity index (χ2v) is 6.00. The SMILES string of the molecule is CC(=O)Oc1cccc(C(=O)Nc2cc(Oc3ccccc3)ccc2C(=O)O)c1. The molecule has 0 aliphatic heterocycles. The summed E-state index contributed by atoms with van der Waals surface area (Å²) in [5.41, 5.74) is 0.193. The third-order valence-corrected chi connectivity index (χ3v) is 3.81. The minimum Gasteiger partial charge on any atom is -0.478 e. The second kappa shape index (κ2) is 8.71. The predicted octanol–water partition coefficient (Wildman–Crippen LogP) is 4.35. The lowest BCUT2D eigenvalue weighted by molar-refractivity contribution is -0.131. The van der Waals surface area contributed by atoms with Crippen LogP contribution < -0.4 is 14.8 Å². The van der Waals surface area contributed by atoms with Gasteiger partial charge < -0.3 is 19.9 Å². The maximum atomic E-state index is 12.6. The topological polar surface area (TPSA) is 102 Å². The average molecular weight is 391 g/mol. The number of carbonyl (C=O) groups is 3. The van der Waals surface area contributed by atoms with Gasteiger partial charge in [0.2, 0.25) is 0 Å². The Hall–Kier alpha value is -4.13. The van der Waals surface area contributed by atoms with Crippen LogP contribution in [0.1, 0.15) is 27.6 Å². The number of amides is 1. The van der Waals surface area contributed by atoms with Gasteiger partial charge in [0.05, 0.1) is 11.3 Å². The molecular weight excluding hydrogens is 374 g/mol. The van der Waals surface area contributed by atoms with E-state index in [9.17, 15) is 19.5 Å². The quantitative estimate of drug-likeness (QED) is 0.478. The highest BCUT2D eigenvalue weighted by molar-refractivity contribution is 6.08. The van der Waals surface area contributed by atoms with Crippen molar-refractivity contribution in [2.75, 3.05) is 5.32 Å². The van der Waals surface area contributed by atoms with Gasteiger partial charge in [-0.3, -0.25) is 9.59 Å². The van der Waals surface area contributed by atoms with Crippen molar-refractivity contribution >= 4 is 23.5 Å². The van der Waals surface area contributed by atoms with Gasteiger partial charge in [-0.05, 0) is 42.5 Å². The van der Waals surface area contributed by atoms with Crippen LogP contribution in [-0.2, 0) is 4.79 Å². The van der Waals surface area contributed by atoms with Crippen LogP contribution in [0, 0.1) is 0 Å². The van der Waals surface area contributed by atoms with E-state index in [1.165, 1.54) is 43.3 Å². The molecule has 3 aromatic carbocycles. The Bertz CT molecular complexity index is 1060. The van der Waals surface area contributed by atoms with E-state index >= 15 is 0 Å². The number of benzene rings is 3. The van der Waals surface area contributed by atoms with E-state index < -0.39 is 17.8 Å². The predicted molar refractivity (Wildman–Crippen MR) is 106 cm³/mol. The summed E-state index contributed by atoms with van der Waals surface area (Å²) in [6.07, 6.45) is 0. The average Bonchev–Trinajstić information content (AvgIpc) is 2.68. The molecule has 0 heterocycles. The number of rotatable bonds is 6. The first kappa shape index (κ1) is 19.6. The molecule has 0 aliphatic carbocycles. The normalized spacial score (nSPS) is 10.1. The van der Waals surface area contributed by atoms with Crippen LogP contribution in [-0.4, -0.2) is 23.0 Å². The van der Waals surface area contributed by atoms with Crippen LogP contribution in [0.15, 0.2) is 72.8 Å². The molecular formula is C22H17NO6. The zero-order valence-electron chi connectivity index (χ0n) is 15.4. The summed E-state index contributed by atoms with van der Waals surface area (Å²) in [6.45, 7) is 1.25. The Balaban J connectivity index is 1.86. The van der Waals surface area contributed by atoms with Crippen molar-refractivity contribution in [3.8, 4) is 17.2 Å². The summed E-state index contributed by atoms with van der Waals surface area (Å²) in [7, 11) is 0. The molecule has 0 aliphatic rings.